The van der Waals surface area contributed by atoms with E-state index in [1.807, 2.05) is 0 Å². The molecule has 0 aliphatic rings. The number of aromatic nitrogens is 1. The van der Waals surface area contributed by atoms with E-state index in [1.54, 1.807) is 13.8 Å². The van der Waals surface area contributed by atoms with Gasteiger partial charge in [0.05, 0.1) is 24.9 Å². The number of hydrogen-bond acceptors (Lipinski definition) is 4. The molecule has 1 aromatic rings. The summed E-state index contributed by atoms with van der Waals surface area (Å²) >= 11 is 0. The summed E-state index contributed by atoms with van der Waals surface area (Å²) in [6, 6.07) is 2.58. The van der Waals surface area contributed by atoms with E-state index in [1.165, 1.54) is 12.1 Å². The average Bonchev–Trinajstić information content (AvgIpc) is 2.30. The Balaban J connectivity index is 2.87. The minimum atomic E-state index is -1.40. The van der Waals surface area contributed by atoms with Crippen LogP contribution >= 0.6 is 0 Å². The number of rotatable bonds is 5. The average molecular weight is 241 g/mol. The lowest BCUT2D eigenvalue weighted by molar-refractivity contribution is -0.149. The van der Waals surface area contributed by atoms with Crippen molar-refractivity contribution in [3.63, 3.8) is 0 Å². The quantitative estimate of drug-likeness (QED) is 0.798. The molecule has 0 bridgehead atoms. The third-order valence-corrected chi connectivity index (χ3v) is 2.53. The number of hydrogen-bond donors (Lipinski definition) is 1. The van der Waals surface area contributed by atoms with Gasteiger partial charge in [0, 0.05) is 0 Å². The summed E-state index contributed by atoms with van der Waals surface area (Å²) in [6.07, 6.45) is 1.13. The second-order valence-corrected chi connectivity index (χ2v) is 3.73. The summed E-state index contributed by atoms with van der Waals surface area (Å²) < 4.78 is 17.5. The molecule has 1 unspecified atom stereocenters. The van der Waals surface area contributed by atoms with Crippen LogP contribution in [0.25, 0.3) is 0 Å². The molecule has 0 saturated heterocycles. The second-order valence-electron chi connectivity index (χ2n) is 3.73. The molecule has 0 aliphatic heterocycles. The van der Waals surface area contributed by atoms with Gasteiger partial charge < -0.3 is 9.84 Å². The summed E-state index contributed by atoms with van der Waals surface area (Å²) in [4.78, 5) is 15.2. The number of ether oxygens (including phenoxy) is 1. The fraction of sp³-hybridized carbons (Fsp3) is 0.500. The van der Waals surface area contributed by atoms with Gasteiger partial charge >= 0.3 is 5.97 Å². The summed E-state index contributed by atoms with van der Waals surface area (Å²) in [5.74, 6) is -0.980. The standard InChI is InChI=1S/C12H16FNO3/c1-3-12(16,7-11(15)17-4-2)10-6-5-9(13)8-14-10/h5-6,8,16H,3-4,7H2,1-2H3. The Morgan fingerprint density at radius 2 is 2.24 bits per heavy atom. The molecule has 0 saturated carbocycles. The van der Waals surface area contributed by atoms with Crippen LogP contribution in [0, 0.1) is 5.82 Å². The summed E-state index contributed by atoms with van der Waals surface area (Å²) in [5.41, 5.74) is -1.13. The molecular formula is C12H16FNO3. The number of aliphatic hydroxyl groups is 1. The highest BCUT2D eigenvalue weighted by molar-refractivity contribution is 5.70. The lowest BCUT2D eigenvalue weighted by atomic mass is 9.92. The highest BCUT2D eigenvalue weighted by atomic mass is 19.1. The normalized spacial score (nSPS) is 14.1. The smallest absolute Gasteiger partial charge is 0.309 e. The first kappa shape index (κ1) is 13.6. The van der Waals surface area contributed by atoms with Gasteiger partial charge in [-0.05, 0) is 25.5 Å². The second kappa shape index (κ2) is 5.72. The largest absolute Gasteiger partial charge is 0.466 e. The topological polar surface area (TPSA) is 59.4 Å². The van der Waals surface area contributed by atoms with Crippen LogP contribution < -0.4 is 0 Å². The van der Waals surface area contributed by atoms with Crippen molar-refractivity contribution in [2.45, 2.75) is 32.3 Å². The number of esters is 1. The van der Waals surface area contributed by atoms with Crippen LogP contribution in [0.3, 0.4) is 0 Å². The Labute approximate surface area is 99.4 Å². The molecule has 0 aliphatic carbocycles. The number of carbonyl (C=O) groups is 1. The minimum Gasteiger partial charge on any atom is -0.466 e. The first-order chi connectivity index (χ1) is 8.01. The zero-order valence-corrected chi connectivity index (χ0v) is 9.94. The molecule has 1 N–H and O–H groups in total. The van der Waals surface area contributed by atoms with Crippen molar-refractivity contribution in [3.05, 3.63) is 29.8 Å². The van der Waals surface area contributed by atoms with Crippen LogP contribution in [0.5, 0.6) is 0 Å². The van der Waals surface area contributed by atoms with Crippen molar-refractivity contribution in [1.29, 1.82) is 0 Å². The number of halogens is 1. The van der Waals surface area contributed by atoms with Gasteiger partial charge in [0.25, 0.3) is 0 Å². The first-order valence-electron chi connectivity index (χ1n) is 5.52. The van der Waals surface area contributed by atoms with Gasteiger partial charge in [-0.25, -0.2) is 4.39 Å². The van der Waals surface area contributed by atoms with E-state index in [0.717, 1.165) is 6.20 Å². The molecule has 0 amide bonds. The summed E-state index contributed by atoms with van der Waals surface area (Å²) in [7, 11) is 0. The van der Waals surface area contributed by atoms with Crippen LogP contribution in [0.1, 0.15) is 32.4 Å². The number of nitrogens with zero attached hydrogens (tertiary/aromatic N) is 1. The van der Waals surface area contributed by atoms with E-state index < -0.39 is 17.4 Å². The van der Waals surface area contributed by atoms with Crippen LogP contribution in [0.15, 0.2) is 18.3 Å². The highest BCUT2D eigenvalue weighted by Crippen LogP contribution is 2.27. The number of pyridine rings is 1. The Morgan fingerprint density at radius 1 is 1.53 bits per heavy atom. The molecule has 0 aromatic carbocycles. The molecule has 1 rings (SSSR count). The van der Waals surface area contributed by atoms with E-state index in [0.29, 0.717) is 6.42 Å². The molecule has 17 heavy (non-hydrogen) atoms. The Bertz CT molecular complexity index is 380. The van der Waals surface area contributed by atoms with E-state index in [9.17, 15) is 14.3 Å². The molecule has 5 heteroatoms. The maximum atomic E-state index is 12.7. The molecule has 0 fully saturated rings. The van der Waals surface area contributed by atoms with Crippen molar-refractivity contribution in [2.24, 2.45) is 0 Å². The minimum absolute atomic E-state index is 0.185. The van der Waals surface area contributed by atoms with Gasteiger partial charge in [-0.1, -0.05) is 6.92 Å². The predicted octanol–water partition coefficient (Wildman–Crippen LogP) is 1.77. The fourth-order valence-electron chi connectivity index (χ4n) is 1.50. The van der Waals surface area contributed by atoms with Crippen molar-refractivity contribution in [3.8, 4) is 0 Å². The van der Waals surface area contributed by atoms with Gasteiger partial charge in [-0.15, -0.1) is 0 Å². The van der Waals surface area contributed by atoms with Crippen LogP contribution in [0.2, 0.25) is 0 Å². The molecule has 1 aromatic heterocycles. The maximum Gasteiger partial charge on any atom is 0.309 e. The number of carbonyl (C=O) groups excluding carboxylic acids is 1. The van der Waals surface area contributed by atoms with Gasteiger partial charge in [0.2, 0.25) is 0 Å². The third-order valence-electron chi connectivity index (χ3n) is 2.53. The Hall–Kier alpha value is -1.49. The zero-order valence-electron chi connectivity index (χ0n) is 9.94. The van der Waals surface area contributed by atoms with Crippen molar-refractivity contribution in [2.75, 3.05) is 6.61 Å². The van der Waals surface area contributed by atoms with Crippen LogP contribution in [-0.2, 0) is 15.1 Å². The Kier molecular flexibility index (Phi) is 4.57. The monoisotopic (exact) mass is 241 g/mol. The van der Waals surface area contributed by atoms with Gasteiger partial charge in [-0.2, -0.15) is 0 Å². The molecule has 94 valence electrons. The van der Waals surface area contributed by atoms with E-state index in [4.69, 9.17) is 4.74 Å². The summed E-state index contributed by atoms with van der Waals surface area (Å²) in [6.45, 7) is 3.68. The molecule has 4 nitrogen and oxygen atoms in total. The van der Waals surface area contributed by atoms with Crippen LogP contribution in [-0.4, -0.2) is 22.7 Å². The zero-order chi connectivity index (χ0) is 12.9. The van der Waals surface area contributed by atoms with Crippen molar-refractivity contribution >= 4 is 5.97 Å². The SMILES string of the molecule is CCOC(=O)CC(O)(CC)c1ccc(F)cn1. The fourth-order valence-corrected chi connectivity index (χ4v) is 1.50. The van der Waals surface area contributed by atoms with Gasteiger partial charge in [0.1, 0.15) is 11.4 Å². The van der Waals surface area contributed by atoms with Gasteiger partial charge in [-0.3, -0.25) is 9.78 Å². The lowest BCUT2D eigenvalue weighted by Gasteiger charge is -2.24. The van der Waals surface area contributed by atoms with Crippen LogP contribution in [0.4, 0.5) is 4.39 Å². The molecule has 0 radical (unpaired) electrons. The van der Waals surface area contributed by atoms with Crippen molar-refractivity contribution < 1.29 is 19.0 Å². The molecule has 1 heterocycles. The third kappa shape index (κ3) is 3.49. The molecule has 0 spiro atoms. The molecular weight excluding hydrogens is 225 g/mol. The highest BCUT2D eigenvalue weighted by Gasteiger charge is 2.32. The molecule has 1 atom stereocenters. The van der Waals surface area contributed by atoms with E-state index in [-0.39, 0.29) is 18.7 Å². The van der Waals surface area contributed by atoms with E-state index >= 15 is 0 Å². The summed E-state index contributed by atoms with van der Waals surface area (Å²) in [5, 5.41) is 10.3. The lowest BCUT2D eigenvalue weighted by Crippen LogP contribution is -2.30. The van der Waals surface area contributed by atoms with Crippen molar-refractivity contribution in [1.82, 2.24) is 4.98 Å². The maximum absolute atomic E-state index is 12.7. The van der Waals surface area contributed by atoms with Gasteiger partial charge in [0.15, 0.2) is 0 Å². The Morgan fingerprint density at radius 3 is 2.71 bits per heavy atom. The van der Waals surface area contributed by atoms with E-state index in [2.05, 4.69) is 4.98 Å². The first-order valence-corrected chi connectivity index (χ1v) is 5.52. The predicted molar refractivity (Wildman–Crippen MR) is 59.6 cm³/mol.